The van der Waals surface area contributed by atoms with Gasteiger partial charge in [-0.1, -0.05) is 0 Å². The molecular weight excluding hydrogens is 330 g/mol. The van der Waals surface area contributed by atoms with E-state index in [-0.39, 0.29) is 17.6 Å². The molecule has 0 saturated carbocycles. The highest BCUT2D eigenvalue weighted by molar-refractivity contribution is 5.92. The van der Waals surface area contributed by atoms with E-state index in [1.54, 1.807) is 21.1 Å². The first kappa shape index (κ1) is 17.0. The number of fused-ring (bicyclic) bond motifs is 1. The minimum atomic E-state index is -0.193. The molecule has 1 unspecified atom stereocenters. The normalized spacial score (nSPS) is 21.0. The number of carbonyl (C=O) groups excluding carboxylic acids is 1. The van der Waals surface area contributed by atoms with Gasteiger partial charge in [-0.25, -0.2) is 4.79 Å². The van der Waals surface area contributed by atoms with Gasteiger partial charge in [-0.05, 0) is 37.8 Å². The lowest BCUT2D eigenvalue weighted by atomic mass is 10.1. The van der Waals surface area contributed by atoms with Crippen LogP contribution >= 0.6 is 0 Å². The Balaban J connectivity index is 1.81. The number of hydrogen-bond acceptors (Lipinski definition) is 4. The van der Waals surface area contributed by atoms with Crippen molar-refractivity contribution in [3.05, 3.63) is 22.6 Å². The standard InChI is InChI=1S/C19H27N5O2/c1-21-10-7-13(18(21)25)20-14-11-16-17(23(3)19(26)22(16)2)12-15(14)24-8-5-4-6-9-24/h11-13,20H,4-10H2,1-3H3. The number of piperidine rings is 1. The zero-order valence-corrected chi connectivity index (χ0v) is 15.8. The van der Waals surface area contributed by atoms with Crippen LogP contribution in [0.4, 0.5) is 11.4 Å². The molecule has 2 aliphatic heterocycles. The number of nitrogens with one attached hydrogen (secondary N) is 1. The van der Waals surface area contributed by atoms with E-state index in [0.29, 0.717) is 0 Å². The summed E-state index contributed by atoms with van der Waals surface area (Å²) in [5.41, 5.74) is 3.84. The maximum absolute atomic E-state index is 12.4. The Morgan fingerprint density at radius 2 is 1.58 bits per heavy atom. The molecule has 0 spiro atoms. The monoisotopic (exact) mass is 357 g/mol. The van der Waals surface area contributed by atoms with Crippen molar-refractivity contribution in [2.45, 2.75) is 31.7 Å². The van der Waals surface area contributed by atoms with Crippen LogP contribution in [0.3, 0.4) is 0 Å². The van der Waals surface area contributed by atoms with E-state index < -0.39 is 0 Å². The number of hydrogen-bond donors (Lipinski definition) is 1. The molecule has 26 heavy (non-hydrogen) atoms. The fourth-order valence-corrected chi connectivity index (χ4v) is 4.19. The number of anilines is 2. The third-order valence-corrected chi connectivity index (χ3v) is 5.84. The second-order valence-corrected chi connectivity index (χ2v) is 7.55. The molecular formula is C19H27N5O2. The Kier molecular flexibility index (Phi) is 4.17. The molecule has 1 N–H and O–H groups in total. The molecule has 2 aromatic rings. The Hall–Kier alpha value is -2.44. The summed E-state index contributed by atoms with van der Waals surface area (Å²) in [5, 5.41) is 3.48. The molecule has 0 aliphatic carbocycles. The Morgan fingerprint density at radius 1 is 0.923 bits per heavy atom. The molecule has 2 aliphatic rings. The van der Waals surface area contributed by atoms with E-state index in [9.17, 15) is 9.59 Å². The highest BCUT2D eigenvalue weighted by Crippen LogP contribution is 2.34. The predicted molar refractivity (Wildman–Crippen MR) is 104 cm³/mol. The summed E-state index contributed by atoms with van der Waals surface area (Å²) >= 11 is 0. The maximum atomic E-state index is 12.4. The van der Waals surface area contributed by atoms with Crippen LogP contribution in [-0.4, -0.2) is 52.7 Å². The molecule has 1 aromatic carbocycles. The zero-order valence-electron chi connectivity index (χ0n) is 15.8. The SMILES string of the molecule is CN1CCC(Nc2cc3c(cc2N2CCCCC2)n(C)c(=O)n3C)C1=O. The van der Waals surface area contributed by atoms with Gasteiger partial charge in [0.25, 0.3) is 0 Å². The first-order valence-corrected chi connectivity index (χ1v) is 9.43. The number of likely N-dealkylation sites (N-methyl/N-ethyl adjacent to an activating group) is 1. The van der Waals surface area contributed by atoms with Crippen molar-refractivity contribution >= 4 is 28.3 Å². The number of amides is 1. The molecule has 0 bridgehead atoms. The number of aryl methyl sites for hydroxylation is 2. The van der Waals surface area contributed by atoms with Crippen LogP contribution in [0, 0.1) is 0 Å². The van der Waals surface area contributed by atoms with Gasteiger partial charge in [0.15, 0.2) is 0 Å². The number of likely N-dealkylation sites (tertiary alicyclic amines) is 1. The topological polar surface area (TPSA) is 62.5 Å². The summed E-state index contributed by atoms with van der Waals surface area (Å²) < 4.78 is 3.37. The fourth-order valence-electron chi connectivity index (χ4n) is 4.19. The van der Waals surface area contributed by atoms with Crippen LogP contribution in [0.1, 0.15) is 25.7 Å². The Bertz CT molecular complexity index is 907. The average molecular weight is 357 g/mol. The second-order valence-electron chi connectivity index (χ2n) is 7.55. The van der Waals surface area contributed by atoms with Crippen molar-refractivity contribution in [1.29, 1.82) is 0 Å². The summed E-state index contributed by atoms with van der Waals surface area (Å²) in [4.78, 5) is 28.9. The molecule has 4 rings (SSSR count). The van der Waals surface area contributed by atoms with E-state index >= 15 is 0 Å². The van der Waals surface area contributed by atoms with Gasteiger partial charge in [0, 0.05) is 40.8 Å². The third kappa shape index (κ3) is 2.66. The van der Waals surface area contributed by atoms with E-state index in [2.05, 4.69) is 16.3 Å². The van der Waals surface area contributed by atoms with Crippen LogP contribution in [-0.2, 0) is 18.9 Å². The maximum Gasteiger partial charge on any atom is 0.328 e. The Labute approximate surface area is 153 Å². The predicted octanol–water partition coefficient (Wildman–Crippen LogP) is 1.51. The molecule has 2 fully saturated rings. The van der Waals surface area contributed by atoms with Gasteiger partial charge in [-0.15, -0.1) is 0 Å². The van der Waals surface area contributed by atoms with Crippen molar-refractivity contribution in [2.75, 3.05) is 36.9 Å². The smallest absolute Gasteiger partial charge is 0.328 e. The van der Waals surface area contributed by atoms with Crippen molar-refractivity contribution in [3.63, 3.8) is 0 Å². The van der Waals surface area contributed by atoms with Crippen molar-refractivity contribution in [2.24, 2.45) is 14.1 Å². The van der Waals surface area contributed by atoms with E-state index in [1.807, 2.05) is 20.2 Å². The summed E-state index contributed by atoms with van der Waals surface area (Å²) in [7, 11) is 5.45. The minimum Gasteiger partial charge on any atom is -0.372 e. The summed E-state index contributed by atoms with van der Waals surface area (Å²) in [6.07, 6.45) is 4.42. The van der Waals surface area contributed by atoms with Gasteiger partial charge in [0.05, 0.1) is 22.4 Å². The van der Waals surface area contributed by atoms with Crippen LogP contribution in [0.25, 0.3) is 11.0 Å². The molecule has 0 radical (unpaired) electrons. The highest BCUT2D eigenvalue weighted by Gasteiger charge is 2.30. The van der Waals surface area contributed by atoms with Gasteiger partial charge >= 0.3 is 5.69 Å². The molecule has 2 saturated heterocycles. The van der Waals surface area contributed by atoms with Crippen LogP contribution in [0.5, 0.6) is 0 Å². The Morgan fingerprint density at radius 3 is 2.19 bits per heavy atom. The number of aromatic nitrogens is 2. The number of nitrogens with zero attached hydrogens (tertiary/aromatic N) is 4. The zero-order chi connectivity index (χ0) is 18.4. The second kappa shape index (κ2) is 6.37. The van der Waals surface area contributed by atoms with E-state index in [0.717, 1.165) is 48.5 Å². The largest absolute Gasteiger partial charge is 0.372 e. The number of rotatable bonds is 3. The molecule has 1 atom stereocenters. The number of imidazole rings is 1. The van der Waals surface area contributed by atoms with Crippen molar-refractivity contribution < 1.29 is 4.79 Å². The minimum absolute atomic E-state index is 0.0292. The summed E-state index contributed by atoms with van der Waals surface area (Å²) in [6.45, 7) is 2.81. The van der Waals surface area contributed by atoms with E-state index in [1.165, 1.54) is 19.3 Å². The molecule has 7 nitrogen and oxygen atoms in total. The molecule has 1 amide bonds. The van der Waals surface area contributed by atoms with Crippen LogP contribution in [0.2, 0.25) is 0 Å². The van der Waals surface area contributed by atoms with E-state index in [4.69, 9.17) is 0 Å². The van der Waals surface area contributed by atoms with Gasteiger partial charge in [-0.3, -0.25) is 13.9 Å². The molecule has 140 valence electrons. The van der Waals surface area contributed by atoms with Crippen molar-refractivity contribution in [1.82, 2.24) is 14.0 Å². The number of carbonyl (C=O) groups is 1. The van der Waals surface area contributed by atoms with Gasteiger partial charge in [-0.2, -0.15) is 0 Å². The van der Waals surface area contributed by atoms with Gasteiger partial charge in [0.1, 0.15) is 6.04 Å². The molecule has 3 heterocycles. The summed E-state index contributed by atoms with van der Waals surface area (Å²) in [6, 6.07) is 3.95. The lowest BCUT2D eigenvalue weighted by Gasteiger charge is -2.31. The van der Waals surface area contributed by atoms with Crippen LogP contribution in [0.15, 0.2) is 16.9 Å². The summed E-state index contributed by atoms with van der Waals surface area (Å²) in [5.74, 6) is 0.136. The first-order chi connectivity index (χ1) is 12.5. The third-order valence-electron chi connectivity index (χ3n) is 5.84. The molecule has 1 aromatic heterocycles. The molecule has 7 heteroatoms. The first-order valence-electron chi connectivity index (χ1n) is 9.43. The van der Waals surface area contributed by atoms with Gasteiger partial charge in [0.2, 0.25) is 5.91 Å². The quantitative estimate of drug-likeness (QED) is 0.905. The highest BCUT2D eigenvalue weighted by atomic mass is 16.2. The van der Waals surface area contributed by atoms with Crippen LogP contribution < -0.4 is 15.9 Å². The lowest BCUT2D eigenvalue weighted by molar-refractivity contribution is -0.127. The average Bonchev–Trinajstić information content (AvgIpc) is 3.08. The lowest BCUT2D eigenvalue weighted by Crippen LogP contribution is -2.33. The van der Waals surface area contributed by atoms with Crippen molar-refractivity contribution in [3.8, 4) is 0 Å². The fraction of sp³-hybridized carbons (Fsp3) is 0.579. The number of benzene rings is 1. The van der Waals surface area contributed by atoms with Gasteiger partial charge < -0.3 is 15.1 Å².